The number of aryl methyl sites for hydroxylation is 1. The van der Waals surface area contributed by atoms with Gasteiger partial charge in [0.15, 0.2) is 0 Å². The molecule has 0 aliphatic rings. The van der Waals surface area contributed by atoms with E-state index < -0.39 is 10.0 Å². The van der Waals surface area contributed by atoms with Crippen LogP contribution in [-0.4, -0.2) is 48.3 Å². The summed E-state index contributed by atoms with van der Waals surface area (Å²) in [5.74, 6) is 0.0354. The summed E-state index contributed by atoms with van der Waals surface area (Å²) in [6.45, 7) is 2.51. The lowest BCUT2D eigenvalue weighted by Crippen LogP contribution is -2.36. The van der Waals surface area contributed by atoms with Crippen molar-refractivity contribution in [2.45, 2.75) is 26.2 Å². The summed E-state index contributed by atoms with van der Waals surface area (Å²) in [6, 6.07) is 5.47. The molecule has 0 aliphatic heterocycles. The summed E-state index contributed by atoms with van der Waals surface area (Å²) in [4.78, 5) is 4.12. The number of hydrogen-bond acceptors (Lipinski definition) is 4. The van der Waals surface area contributed by atoms with Gasteiger partial charge < -0.3 is 5.11 Å². The highest BCUT2D eigenvalue weighted by Gasteiger charge is 2.20. The molecule has 1 aromatic rings. The summed E-state index contributed by atoms with van der Waals surface area (Å²) in [5, 5.41) is 8.97. The van der Waals surface area contributed by atoms with Crippen molar-refractivity contribution < 1.29 is 13.5 Å². The van der Waals surface area contributed by atoms with Crippen LogP contribution in [0, 0.1) is 0 Å². The molecule has 0 saturated carbocycles. The van der Waals surface area contributed by atoms with E-state index in [1.165, 1.54) is 4.31 Å². The molecule has 108 valence electrons. The molecule has 5 nitrogen and oxygen atoms in total. The normalized spacial score (nSPS) is 11.9. The van der Waals surface area contributed by atoms with Crippen molar-refractivity contribution in [3.63, 3.8) is 0 Å². The second kappa shape index (κ2) is 8.24. The first-order chi connectivity index (χ1) is 9.10. The van der Waals surface area contributed by atoms with Gasteiger partial charge in [-0.05, 0) is 18.6 Å². The molecule has 0 atom stereocenters. The van der Waals surface area contributed by atoms with Crippen LogP contribution in [0.4, 0.5) is 0 Å². The van der Waals surface area contributed by atoms with E-state index >= 15 is 0 Å². The van der Waals surface area contributed by atoms with E-state index in [9.17, 15) is 8.42 Å². The van der Waals surface area contributed by atoms with Gasteiger partial charge in [0.2, 0.25) is 10.0 Å². The summed E-state index contributed by atoms with van der Waals surface area (Å²) in [7, 11) is -3.32. The second-order valence-electron chi connectivity index (χ2n) is 4.36. The van der Waals surface area contributed by atoms with Crippen LogP contribution in [0.1, 0.15) is 25.5 Å². The molecule has 19 heavy (non-hydrogen) atoms. The van der Waals surface area contributed by atoms with E-state index in [0.29, 0.717) is 13.0 Å². The van der Waals surface area contributed by atoms with E-state index in [1.54, 1.807) is 12.3 Å². The zero-order chi connectivity index (χ0) is 14.1. The lowest BCUT2D eigenvalue weighted by atomic mass is 10.3. The van der Waals surface area contributed by atoms with Crippen LogP contribution in [0.2, 0.25) is 0 Å². The third kappa shape index (κ3) is 5.67. The van der Waals surface area contributed by atoms with Crippen molar-refractivity contribution in [3.05, 3.63) is 30.1 Å². The number of aliphatic hydroxyl groups is 1. The predicted molar refractivity (Wildman–Crippen MR) is 75.3 cm³/mol. The van der Waals surface area contributed by atoms with E-state index in [2.05, 4.69) is 4.98 Å². The van der Waals surface area contributed by atoms with Crippen molar-refractivity contribution in [1.29, 1.82) is 0 Å². The number of pyridine rings is 1. The molecule has 0 spiro atoms. The van der Waals surface area contributed by atoms with Crippen LogP contribution in [0.3, 0.4) is 0 Å². The molecule has 0 saturated heterocycles. The van der Waals surface area contributed by atoms with Gasteiger partial charge in [-0.25, -0.2) is 8.42 Å². The molecule has 0 unspecified atom stereocenters. The minimum atomic E-state index is -3.32. The quantitative estimate of drug-likeness (QED) is 0.736. The van der Waals surface area contributed by atoms with Gasteiger partial charge in [-0.15, -0.1) is 0 Å². The van der Waals surface area contributed by atoms with Crippen LogP contribution in [0.15, 0.2) is 24.4 Å². The van der Waals surface area contributed by atoms with E-state index in [1.807, 2.05) is 19.1 Å². The molecule has 1 heterocycles. The Balaban J connectivity index is 2.61. The SMILES string of the molecule is CCCCN(CCO)S(=O)(=O)CCc1ccccn1. The predicted octanol–water partition coefficient (Wildman–Crippen LogP) is 1.05. The van der Waals surface area contributed by atoms with Crippen LogP contribution < -0.4 is 0 Å². The first kappa shape index (κ1) is 16.1. The summed E-state index contributed by atoms with van der Waals surface area (Å²) in [6.07, 6.45) is 3.79. The Morgan fingerprint density at radius 1 is 1.32 bits per heavy atom. The summed E-state index contributed by atoms with van der Waals surface area (Å²) in [5.41, 5.74) is 0.769. The second-order valence-corrected chi connectivity index (χ2v) is 6.45. The van der Waals surface area contributed by atoms with Crippen molar-refractivity contribution in [1.82, 2.24) is 9.29 Å². The molecule has 0 aliphatic carbocycles. The fourth-order valence-corrected chi connectivity index (χ4v) is 3.24. The highest BCUT2D eigenvalue weighted by Crippen LogP contribution is 2.07. The topological polar surface area (TPSA) is 70.5 Å². The first-order valence-corrected chi connectivity index (χ1v) is 8.19. The van der Waals surface area contributed by atoms with Crippen LogP contribution >= 0.6 is 0 Å². The molecule has 1 N–H and O–H groups in total. The van der Waals surface area contributed by atoms with Gasteiger partial charge in [-0.2, -0.15) is 4.31 Å². The van der Waals surface area contributed by atoms with E-state index in [4.69, 9.17) is 5.11 Å². The number of rotatable bonds is 9. The van der Waals surface area contributed by atoms with Crippen molar-refractivity contribution in [3.8, 4) is 0 Å². The Kier molecular flexibility index (Phi) is 6.97. The molecule has 6 heteroatoms. The van der Waals surface area contributed by atoms with Crippen molar-refractivity contribution >= 4 is 10.0 Å². The summed E-state index contributed by atoms with van der Waals surface area (Å²) < 4.78 is 25.7. The van der Waals surface area contributed by atoms with Gasteiger partial charge in [-0.1, -0.05) is 19.4 Å². The summed E-state index contributed by atoms with van der Waals surface area (Å²) >= 11 is 0. The number of hydrogen-bond donors (Lipinski definition) is 1. The lowest BCUT2D eigenvalue weighted by Gasteiger charge is -2.20. The maximum absolute atomic E-state index is 12.2. The molecular formula is C13H22N2O3S. The van der Waals surface area contributed by atoms with Crippen LogP contribution in [0.5, 0.6) is 0 Å². The smallest absolute Gasteiger partial charge is 0.214 e. The standard InChI is InChI=1S/C13H22N2O3S/c1-2-3-9-15(10-11-16)19(17,18)12-7-13-6-4-5-8-14-13/h4-6,8,16H,2-3,7,9-12H2,1H3. The minimum Gasteiger partial charge on any atom is -0.395 e. The molecule has 0 radical (unpaired) electrons. The average molecular weight is 286 g/mol. The average Bonchev–Trinajstić information content (AvgIpc) is 2.42. The Morgan fingerprint density at radius 2 is 2.11 bits per heavy atom. The lowest BCUT2D eigenvalue weighted by molar-refractivity contribution is 0.252. The first-order valence-electron chi connectivity index (χ1n) is 6.58. The highest BCUT2D eigenvalue weighted by atomic mass is 32.2. The van der Waals surface area contributed by atoms with Gasteiger partial charge in [0, 0.05) is 31.4 Å². The van der Waals surface area contributed by atoms with E-state index in [-0.39, 0.29) is 18.9 Å². The number of aliphatic hydroxyl groups excluding tert-OH is 1. The fourth-order valence-electron chi connectivity index (χ4n) is 1.74. The molecule has 0 amide bonds. The Hall–Kier alpha value is -0.980. The zero-order valence-corrected chi connectivity index (χ0v) is 12.1. The van der Waals surface area contributed by atoms with Gasteiger partial charge in [0.25, 0.3) is 0 Å². The minimum absolute atomic E-state index is 0.0354. The van der Waals surface area contributed by atoms with Crippen LogP contribution in [-0.2, 0) is 16.4 Å². The highest BCUT2D eigenvalue weighted by molar-refractivity contribution is 7.89. The van der Waals surface area contributed by atoms with Crippen LogP contribution in [0.25, 0.3) is 0 Å². The van der Waals surface area contributed by atoms with Crippen molar-refractivity contribution in [2.75, 3.05) is 25.4 Å². The fraction of sp³-hybridized carbons (Fsp3) is 0.615. The third-order valence-corrected chi connectivity index (χ3v) is 4.72. The maximum atomic E-state index is 12.2. The zero-order valence-electron chi connectivity index (χ0n) is 11.3. The maximum Gasteiger partial charge on any atom is 0.214 e. The number of nitrogens with zero attached hydrogens (tertiary/aromatic N) is 2. The molecule has 0 fully saturated rings. The largest absolute Gasteiger partial charge is 0.395 e. The van der Waals surface area contributed by atoms with Gasteiger partial charge >= 0.3 is 0 Å². The number of aromatic nitrogens is 1. The number of sulfonamides is 1. The molecule has 0 bridgehead atoms. The Labute approximate surface area is 115 Å². The Bertz CT molecular complexity index is 448. The van der Waals surface area contributed by atoms with Gasteiger partial charge in [-0.3, -0.25) is 4.98 Å². The van der Waals surface area contributed by atoms with Gasteiger partial charge in [0.1, 0.15) is 0 Å². The third-order valence-electron chi connectivity index (χ3n) is 2.85. The molecule has 0 aromatic carbocycles. The van der Waals surface area contributed by atoms with Crippen molar-refractivity contribution in [2.24, 2.45) is 0 Å². The number of unbranched alkanes of at least 4 members (excludes halogenated alkanes) is 1. The molecule has 1 aromatic heterocycles. The Morgan fingerprint density at radius 3 is 2.68 bits per heavy atom. The monoisotopic (exact) mass is 286 g/mol. The van der Waals surface area contributed by atoms with Gasteiger partial charge in [0.05, 0.1) is 12.4 Å². The molecule has 1 rings (SSSR count). The molecular weight excluding hydrogens is 264 g/mol. The van der Waals surface area contributed by atoms with E-state index in [0.717, 1.165) is 18.5 Å².